The number of hydrogen-bond donors (Lipinski definition) is 1. The van der Waals surface area contributed by atoms with E-state index in [1.54, 1.807) is 13.8 Å². The number of rotatable bonds is 4. The van der Waals surface area contributed by atoms with E-state index in [1.165, 1.54) is 0 Å². The first-order chi connectivity index (χ1) is 13.7. The quantitative estimate of drug-likeness (QED) is 0.568. The van der Waals surface area contributed by atoms with Crippen molar-refractivity contribution < 1.29 is 8.42 Å². The number of pyridine rings is 1. The van der Waals surface area contributed by atoms with Crippen molar-refractivity contribution in [1.82, 2.24) is 20.1 Å². The zero-order valence-corrected chi connectivity index (χ0v) is 18.9. The lowest BCUT2D eigenvalue weighted by Crippen LogP contribution is -2.57. The second-order valence-electron chi connectivity index (χ2n) is 8.49. The van der Waals surface area contributed by atoms with Gasteiger partial charge in [0.2, 0.25) is 0 Å². The number of aliphatic imine (C=N–C) groups is 1. The van der Waals surface area contributed by atoms with Crippen LogP contribution in [0.4, 0.5) is 5.82 Å². The normalized spacial score (nSPS) is 22.6. The van der Waals surface area contributed by atoms with Gasteiger partial charge in [0.15, 0.2) is 15.8 Å². The third-order valence-electron chi connectivity index (χ3n) is 5.73. The van der Waals surface area contributed by atoms with Gasteiger partial charge in [-0.2, -0.15) is 0 Å². The van der Waals surface area contributed by atoms with E-state index < -0.39 is 14.6 Å². The van der Waals surface area contributed by atoms with Crippen LogP contribution in [0.3, 0.4) is 0 Å². The largest absolute Gasteiger partial charge is 0.357 e. The minimum Gasteiger partial charge on any atom is -0.357 e. The minimum absolute atomic E-state index is 0.158. The smallest absolute Gasteiger partial charge is 0.194 e. The third-order valence-corrected chi connectivity index (χ3v) is 8.26. The van der Waals surface area contributed by atoms with Gasteiger partial charge in [0.1, 0.15) is 5.82 Å². The van der Waals surface area contributed by atoms with Crippen LogP contribution in [0.15, 0.2) is 23.3 Å². The molecule has 0 radical (unpaired) electrons. The highest BCUT2D eigenvalue weighted by Crippen LogP contribution is 2.24. The van der Waals surface area contributed by atoms with E-state index in [4.69, 9.17) is 4.99 Å². The van der Waals surface area contributed by atoms with Crippen molar-refractivity contribution in [2.45, 2.75) is 32.1 Å². The molecule has 0 saturated carbocycles. The van der Waals surface area contributed by atoms with Crippen LogP contribution in [0, 0.1) is 0 Å². The molecule has 1 N–H and O–H groups in total. The number of guanidine groups is 1. The second kappa shape index (κ2) is 8.87. The van der Waals surface area contributed by atoms with Crippen molar-refractivity contribution in [2.24, 2.45) is 4.99 Å². The average molecular weight is 423 g/mol. The molecule has 2 fully saturated rings. The number of aromatic nitrogens is 1. The fraction of sp³-hybridized carbons (Fsp3) is 0.700. The Morgan fingerprint density at radius 2 is 1.93 bits per heavy atom. The number of sulfone groups is 1. The first kappa shape index (κ1) is 21.8. The summed E-state index contributed by atoms with van der Waals surface area (Å²) in [6.45, 7) is 11.9. The first-order valence-corrected chi connectivity index (χ1v) is 12.0. The lowest BCUT2D eigenvalue weighted by atomic mass is 10.2. The molecule has 3 heterocycles. The molecular weight excluding hydrogens is 388 g/mol. The average Bonchev–Trinajstić information content (AvgIpc) is 2.68. The van der Waals surface area contributed by atoms with Crippen LogP contribution in [0.1, 0.15) is 26.3 Å². The number of anilines is 1. The molecule has 0 aromatic carbocycles. The van der Waals surface area contributed by atoms with Gasteiger partial charge < -0.3 is 20.0 Å². The molecule has 3 rings (SSSR count). The molecule has 29 heavy (non-hydrogen) atoms. The molecule has 0 spiro atoms. The summed E-state index contributed by atoms with van der Waals surface area (Å²) < 4.78 is 23.8. The van der Waals surface area contributed by atoms with Crippen molar-refractivity contribution in [3.05, 3.63) is 23.9 Å². The summed E-state index contributed by atoms with van der Waals surface area (Å²) in [4.78, 5) is 16.1. The monoisotopic (exact) mass is 422 g/mol. The summed E-state index contributed by atoms with van der Waals surface area (Å²) in [5, 5.41) is 3.30. The Morgan fingerprint density at radius 3 is 2.52 bits per heavy atom. The molecule has 2 aliphatic heterocycles. The lowest BCUT2D eigenvalue weighted by Gasteiger charge is -2.39. The zero-order chi connectivity index (χ0) is 21.1. The van der Waals surface area contributed by atoms with Crippen LogP contribution >= 0.6 is 0 Å². The molecule has 162 valence electrons. The summed E-state index contributed by atoms with van der Waals surface area (Å²) >= 11 is 0. The Balaban J connectivity index is 1.66. The Kier molecular flexibility index (Phi) is 6.68. The van der Waals surface area contributed by atoms with Crippen molar-refractivity contribution >= 4 is 21.6 Å². The topological polar surface area (TPSA) is 81.1 Å². The van der Waals surface area contributed by atoms with Crippen LogP contribution in [-0.4, -0.2) is 92.5 Å². The van der Waals surface area contributed by atoms with Crippen LogP contribution < -0.4 is 10.2 Å². The molecule has 1 aromatic heterocycles. The van der Waals surface area contributed by atoms with Crippen molar-refractivity contribution in [1.29, 1.82) is 0 Å². The Hall–Kier alpha value is -1.87. The summed E-state index contributed by atoms with van der Waals surface area (Å²) in [5.41, 5.74) is 1.04. The molecule has 0 atom stereocenters. The fourth-order valence-corrected chi connectivity index (χ4v) is 5.02. The van der Waals surface area contributed by atoms with E-state index in [1.807, 2.05) is 13.1 Å². The second-order valence-corrected chi connectivity index (χ2v) is 11.2. The van der Waals surface area contributed by atoms with E-state index in [2.05, 4.69) is 44.2 Å². The molecule has 0 aliphatic carbocycles. The summed E-state index contributed by atoms with van der Waals surface area (Å²) in [7, 11) is -0.925. The molecular formula is C20H34N6O2S. The molecule has 1 aromatic rings. The van der Waals surface area contributed by atoms with Crippen LogP contribution in [0.2, 0.25) is 0 Å². The van der Waals surface area contributed by atoms with Crippen molar-refractivity contribution in [3.8, 4) is 0 Å². The van der Waals surface area contributed by atoms with Crippen molar-refractivity contribution in [2.75, 3.05) is 63.5 Å². The highest BCUT2D eigenvalue weighted by atomic mass is 32.2. The van der Waals surface area contributed by atoms with E-state index in [0.717, 1.165) is 50.1 Å². The maximum atomic E-state index is 12.3. The van der Waals surface area contributed by atoms with Gasteiger partial charge in [0, 0.05) is 52.0 Å². The maximum Gasteiger partial charge on any atom is 0.194 e. The highest BCUT2D eigenvalue weighted by molar-refractivity contribution is 7.92. The minimum atomic E-state index is -3.07. The standard InChI is InChI=1S/C20H34N6O2S/c1-5-21-19(26-12-13-29(27,28)20(2,3)16-26)23-15-17-6-7-18(22-14-17)25-10-8-24(4)9-11-25/h6-7,14H,5,8-13,15-16H2,1-4H3,(H,21,23). The van der Waals surface area contributed by atoms with Gasteiger partial charge in [0.25, 0.3) is 0 Å². The Labute approximate surface area is 174 Å². The third kappa shape index (κ3) is 5.19. The summed E-state index contributed by atoms with van der Waals surface area (Å²) in [5.74, 6) is 1.94. The summed E-state index contributed by atoms with van der Waals surface area (Å²) in [6.07, 6.45) is 1.89. The van der Waals surface area contributed by atoms with Crippen LogP contribution in [0.5, 0.6) is 0 Å². The van der Waals surface area contributed by atoms with Gasteiger partial charge in [-0.25, -0.2) is 18.4 Å². The van der Waals surface area contributed by atoms with Gasteiger partial charge in [-0.05, 0) is 39.4 Å². The molecule has 2 aliphatic rings. The van der Waals surface area contributed by atoms with Crippen LogP contribution in [0.25, 0.3) is 0 Å². The van der Waals surface area contributed by atoms with Crippen molar-refractivity contribution in [3.63, 3.8) is 0 Å². The SMILES string of the molecule is CCNC(=NCc1ccc(N2CCN(C)CC2)nc1)N1CCS(=O)(=O)C(C)(C)C1. The van der Waals surface area contributed by atoms with E-state index in [0.29, 0.717) is 19.6 Å². The number of likely N-dealkylation sites (N-methyl/N-ethyl adjacent to an activating group) is 1. The molecule has 0 bridgehead atoms. The Morgan fingerprint density at radius 1 is 1.21 bits per heavy atom. The molecule has 0 amide bonds. The fourth-order valence-electron chi connectivity index (χ4n) is 3.65. The number of nitrogens with zero attached hydrogens (tertiary/aromatic N) is 5. The highest BCUT2D eigenvalue weighted by Gasteiger charge is 2.40. The van der Waals surface area contributed by atoms with E-state index >= 15 is 0 Å². The van der Waals surface area contributed by atoms with Gasteiger partial charge in [-0.1, -0.05) is 6.07 Å². The van der Waals surface area contributed by atoms with Gasteiger partial charge in [-0.3, -0.25) is 0 Å². The van der Waals surface area contributed by atoms with E-state index in [9.17, 15) is 8.42 Å². The molecule has 9 heteroatoms. The number of nitrogens with one attached hydrogen (secondary N) is 1. The number of hydrogen-bond acceptors (Lipinski definition) is 6. The summed E-state index contributed by atoms with van der Waals surface area (Å²) in [6, 6.07) is 4.15. The van der Waals surface area contributed by atoms with E-state index in [-0.39, 0.29) is 5.75 Å². The number of piperazine rings is 1. The molecule has 8 nitrogen and oxygen atoms in total. The van der Waals surface area contributed by atoms with Crippen LogP contribution in [-0.2, 0) is 16.4 Å². The molecule has 0 unspecified atom stereocenters. The molecule has 2 saturated heterocycles. The van der Waals surface area contributed by atoms with Gasteiger partial charge in [0.05, 0.1) is 17.0 Å². The van der Waals surface area contributed by atoms with Gasteiger partial charge >= 0.3 is 0 Å². The van der Waals surface area contributed by atoms with Gasteiger partial charge in [-0.15, -0.1) is 0 Å². The predicted octanol–water partition coefficient (Wildman–Crippen LogP) is 0.808. The Bertz CT molecular complexity index is 814. The first-order valence-electron chi connectivity index (χ1n) is 10.4. The lowest BCUT2D eigenvalue weighted by molar-refractivity contribution is 0.312. The predicted molar refractivity (Wildman–Crippen MR) is 118 cm³/mol. The maximum absolute atomic E-state index is 12.3. The zero-order valence-electron chi connectivity index (χ0n) is 18.1.